The zero-order chi connectivity index (χ0) is 26.7. The first-order valence-electron chi connectivity index (χ1n) is 12.7. The maximum absolute atomic E-state index is 13.4. The minimum absolute atomic E-state index is 0.319. The Labute approximate surface area is 228 Å². The predicted octanol–water partition coefficient (Wildman–Crippen LogP) is 4.92. The van der Waals surface area contributed by atoms with E-state index in [0.29, 0.717) is 41.1 Å². The molecule has 1 saturated carbocycles. The largest absolute Gasteiger partial charge is 0.351 e. The number of rotatable bonds is 6. The van der Waals surface area contributed by atoms with E-state index in [0.717, 1.165) is 46.1 Å². The molecule has 0 aliphatic heterocycles. The molecule has 5 heterocycles. The molecule has 0 unspecified atom stereocenters. The Balaban J connectivity index is 1.56. The summed E-state index contributed by atoms with van der Waals surface area (Å²) in [7, 11) is 1.91. The van der Waals surface area contributed by atoms with Crippen LogP contribution in [-0.2, 0) is 20.1 Å². The van der Waals surface area contributed by atoms with E-state index in [1.165, 1.54) is 0 Å². The number of aromatic nitrogens is 7. The maximum atomic E-state index is 13.4. The number of nitrogens with zero attached hydrogens (tertiary/aromatic N) is 8. The summed E-state index contributed by atoms with van der Waals surface area (Å²) >= 11 is 6.36. The lowest BCUT2D eigenvalue weighted by Gasteiger charge is -2.12. The van der Waals surface area contributed by atoms with Crippen molar-refractivity contribution in [2.75, 3.05) is 0 Å². The summed E-state index contributed by atoms with van der Waals surface area (Å²) in [5.74, 6) is 0.959. The van der Waals surface area contributed by atoms with Crippen molar-refractivity contribution in [1.82, 2.24) is 33.4 Å². The molecule has 10 heteroatoms. The standard InChI is InChI=1S/C29H23ClN8O/c1-35-15-19(14-31)12-24(35)26-25-27(36-10-2-3-11-36)33-29(39)37(16-18-4-5-18)28(25)34-38(26)17-20-8-9-32-23-7-6-21(30)13-22(20)23/h2-3,6-13,15,18H,4-5,16-17H2,1H3. The smallest absolute Gasteiger partial charge is 0.348 e. The molecule has 0 amide bonds. The van der Waals surface area contributed by atoms with Crippen LogP contribution < -0.4 is 5.69 Å². The van der Waals surface area contributed by atoms with Crippen LogP contribution in [0.3, 0.4) is 0 Å². The average molecular weight is 535 g/mol. The van der Waals surface area contributed by atoms with Gasteiger partial charge in [-0.25, -0.2) is 4.79 Å². The summed E-state index contributed by atoms with van der Waals surface area (Å²) in [5.41, 5.74) is 4.20. The summed E-state index contributed by atoms with van der Waals surface area (Å²) in [6, 6.07) is 15.5. The summed E-state index contributed by atoms with van der Waals surface area (Å²) < 4.78 is 7.38. The minimum atomic E-state index is -0.319. The van der Waals surface area contributed by atoms with Crippen LogP contribution in [0.5, 0.6) is 0 Å². The molecule has 0 N–H and O–H groups in total. The fourth-order valence-electron chi connectivity index (χ4n) is 5.24. The van der Waals surface area contributed by atoms with Crippen molar-refractivity contribution in [1.29, 1.82) is 5.26 Å². The van der Waals surface area contributed by atoms with E-state index in [9.17, 15) is 10.1 Å². The molecule has 1 aromatic carbocycles. The minimum Gasteiger partial charge on any atom is -0.348 e. The van der Waals surface area contributed by atoms with Crippen LogP contribution in [0.1, 0.15) is 24.0 Å². The number of hydrogen-bond donors (Lipinski definition) is 0. The van der Waals surface area contributed by atoms with Gasteiger partial charge in [-0.1, -0.05) is 11.6 Å². The molecule has 0 radical (unpaired) electrons. The quantitative estimate of drug-likeness (QED) is 0.302. The summed E-state index contributed by atoms with van der Waals surface area (Å²) in [5, 5.41) is 17.1. The van der Waals surface area contributed by atoms with Gasteiger partial charge in [0, 0.05) is 48.8 Å². The zero-order valence-corrected chi connectivity index (χ0v) is 21.9. The molecule has 9 nitrogen and oxygen atoms in total. The van der Waals surface area contributed by atoms with Crippen molar-refractivity contribution >= 4 is 33.5 Å². The lowest BCUT2D eigenvalue weighted by atomic mass is 10.1. The van der Waals surface area contributed by atoms with Crippen molar-refractivity contribution in [3.63, 3.8) is 0 Å². The highest BCUT2D eigenvalue weighted by Gasteiger charge is 2.28. The number of benzene rings is 1. The Hall–Kier alpha value is -4.68. The third-order valence-corrected chi connectivity index (χ3v) is 7.56. The maximum Gasteiger partial charge on any atom is 0.351 e. The van der Waals surface area contributed by atoms with Gasteiger partial charge >= 0.3 is 5.69 Å². The lowest BCUT2D eigenvalue weighted by Crippen LogP contribution is -2.26. The number of nitriles is 1. The van der Waals surface area contributed by atoms with E-state index >= 15 is 0 Å². The molecule has 0 saturated heterocycles. The monoisotopic (exact) mass is 534 g/mol. The van der Waals surface area contributed by atoms with E-state index in [1.807, 2.05) is 75.7 Å². The van der Waals surface area contributed by atoms with Crippen molar-refractivity contribution in [3.05, 3.63) is 93.9 Å². The third kappa shape index (κ3) is 4.01. The van der Waals surface area contributed by atoms with Gasteiger partial charge in [-0.3, -0.25) is 14.2 Å². The first-order valence-corrected chi connectivity index (χ1v) is 13.1. The van der Waals surface area contributed by atoms with E-state index in [-0.39, 0.29) is 5.69 Å². The third-order valence-electron chi connectivity index (χ3n) is 7.32. The number of fused-ring (bicyclic) bond motifs is 2. The van der Waals surface area contributed by atoms with Gasteiger partial charge in [0.05, 0.1) is 34.4 Å². The number of pyridine rings is 1. The number of aryl methyl sites for hydroxylation is 1. The van der Waals surface area contributed by atoms with Crippen LogP contribution in [0.4, 0.5) is 0 Å². The second kappa shape index (κ2) is 8.96. The molecule has 0 atom stereocenters. The van der Waals surface area contributed by atoms with E-state index in [1.54, 1.807) is 17.0 Å². The van der Waals surface area contributed by atoms with Crippen LogP contribution in [0.25, 0.3) is 39.1 Å². The molecule has 5 aromatic heterocycles. The second-order valence-electron chi connectivity index (χ2n) is 10.0. The summed E-state index contributed by atoms with van der Waals surface area (Å²) in [4.78, 5) is 22.4. The van der Waals surface area contributed by atoms with Gasteiger partial charge in [-0.15, -0.1) is 0 Å². The molecular formula is C29H23ClN8O. The molecule has 1 fully saturated rings. The summed E-state index contributed by atoms with van der Waals surface area (Å²) in [6.07, 6.45) is 9.50. The van der Waals surface area contributed by atoms with Gasteiger partial charge in [0.15, 0.2) is 11.5 Å². The first kappa shape index (κ1) is 23.4. The average Bonchev–Trinajstić information content (AvgIpc) is 3.28. The molecule has 1 aliphatic carbocycles. The molecule has 7 rings (SSSR count). The van der Waals surface area contributed by atoms with E-state index in [4.69, 9.17) is 16.7 Å². The Bertz CT molecular complexity index is 1990. The van der Waals surface area contributed by atoms with Gasteiger partial charge in [-0.2, -0.15) is 15.3 Å². The van der Waals surface area contributed by atoms with Crippen molar-refractivity contribution in [2.45, 2.75) is 25.9 Å². The fraction of sp³-hybridized carbons (Fsp3) is 0.207. The molecular weight excluding hydrogens is 512 g/mol. The summed E-state index contributed by atoms with van der Waals surface area (Å²) in [6.45, 7) is 0.980. The SMILES string of the molecule is Cn1cc(C#N)cc1-c1c2c(-n3cccc3)nc(=O)n(CC3CC3)c2nn1Cc1ccnc2ccc(Cl)cc12. The normalized spacial score (nSPS) is 13.4. The van der Waals surface area contributed by atoms with Crippen LogP contribution in [0.2, 0.25) is 5.02 Å². The van der Waals surface area contributed by atoms with Gasteiger partial charge in [0.1, 0.15) is 6.07 Å². The zero-order valence-electron chi connectivity index (χ0n) is 21.1. The van der Waals surface area contributed by atoms with E-state index < -0.39 is 0 Å². The van der Waals surface area contributed by atoms with Gasteiger partial charge < -0.3 is 9.13 Å². The van der Waals surface area contributed by atoms with Gasteiger partial charge in [0.25, 0.3) is 0 Å². The molecule has 192 valence electrons. The topological polar surface area (TPSA) is 99.2 Å². The fourth-order valence-corrected chi connectivity index (χ4v) is 5.41. The highest BCUT2D eigenvalue weighted by molar-refractivity contribution is 6.31. The van der Waals surface area contributed by atoms with Crippen molar-refractivity contribution < 1.29 is 0 Å². The Morgan fingerprint density at radius 2 is 1.97 bits per heavy atom. The highest BCUT2D eigenvalue weighted by atomic mass is 35.5. The highest BCUT2D eigenvalue weighted by Crippen LogP contribution is 2.36. The van der Waals surface area contributed by atoms with Crippen LogP contribution in [0, 0.1) is 17.2 Å². The number of hydrogen-bond acceptors (Lipinski definition) is 5. The second-order valence-corrected chi connectivity index (χ2v) is 10.5. The van der Waals surface area contributed by atoms with Crippen LogP contribution in [-0.4, -0.2) is 33.4 Å². The van der Waals surface area contributed by atoms with Gasteiger partial charge in [-0.05, 0) is 66.8 Å². The molecule has 0 spiro atoms. The number of halogens is 1. The Morgan fingerprint density at radius 1 is 1.15 bits per heavy atom. The molecule has 39 heavy (non-hydrogen) atoms. The van der Waals surface area contributed by atoms with Crippen LogP contribution >= 0.6 is 11.6 Å². The van der Waals surface area contributed by atoms with Crippen LogP contribution in [0.15, 0.2) is 72.0 Å². The predicted molar refractivity (Wildman–Crippen MR) is 149 cm³/mol. The first-order chi connectivity index (χ1) is 19.0. The van der Waals surface area contributed by atoms with E-state index in [2.05, 4.69) is 16.0 Å². The Morgan fingerprint density at radius 3 is 2.72 bits per heavy atom. The lowest BCUT2D eigenvalue weighted by molar-refractivity contribution is 0.598. The molecule has 1 aliphatic rings. The molecule has 6 aromatic rings. The van der Waals surface area contributed by atoms with Gasteiger partial charge in [0.2, 0.25) is 0 Å². The Kier molecular flexibility index (Phi) is 5.39. The van der Waals surface area contributed by atoms with Crippen molar-refractivity contribution in [2.24, 2.45) is 13.0 Å². The molecule has 0 bridgehead atoms. The van der Waals surface area contributed by atoms with Crippen molar-refractivity contribution in [3.8, 4) is 23.3 Å².